The predicted molar refractivity (Wildman–Crippen MR) is 100 cm³/mol. The molecule has 0 spiro atoms. The summed E-state index contributed by atoms with van der Waals surface area (Å²) in [6, 6.07) is 6.19. The van der Waals surface area contributed by atoms with Crippen LogP contribution in [0.2, 0.25) is 0 Å². The van der Waals surface area contributed by atoms with Crippen molar-refractivity contribution in [2.45, 2.75) is 33.1 Å². The van der Waals surface area contributed by atoms with Gasteiger partial charge in [-0.15, -0.1) is 0 Å². The van der Waals surface area contributed by atoms with E-state index in [1.165, 1.54) is 24.7 Å². The Morgan fingerprint density at radius 2 is 2.15 bits per heavy atom. The number of nitrogens with two attached hydrogens (primary N) is 1. The topological polar surface area (TPSA) is 93.9 Å². The number of nitrogens with zero attached hydrogens (tertiary/aromatic N) is 2. The second-order valence-corrected chi connectivity index (χ2v) is 6.87. The number of nitrogens with one attached hydrogen (secondary N) is 1. The molecular weight excluding hydrogens is 328 g/mol. The van der Waals surface area contributed by atoms with Gasteiger partial charge in [0.25, 0.3) is 5.91 Å². The molecule has 3 aromatic rings. The molecule has 3 N–H and O–H groups in total. The van der Waals surface area contributed by atoms with E-state index in [4.69, 9.17) is 10.5 Å². The molecule has 2 heterocycles. The van der Waals surface area contributed by atoms with Gasteiger partial charge in [-0.2, -0.15) is 0 Å². The summed E-state index contributed by atoms with van der Waals surface area (Å²) >= 11 is 0. The third-order valence-corrected chi connectivity index (χ3v) is 4.90. The van der Waals surface area contributed by atoms with Gasteiger partial charge in [0.1, 0.15) is 23.3 Å². The van der Waals surface area contributed by atoms with Crippen LogP contribution in [0.5, 0.6) is 5.75 Å². The number of ether oxygens (including phenoxy) is 1. The monoisotopic (exact) mass is 350 g/mol. The molecule has 6 heteroatoms. The van der Waals surface area contributed by atoms with Crippen molar-refractivity contribution in [3.05, 3.63) is 41.3 Å². The summed E-state index contributed by atoms with van der Waals surface area (Å²) in [6.45, 7) is 4.66. The highest BCUT2D eigenvalue weighted by molar-refractivity contribution is 6.08. The van der Waals surface area contributed by atoms with Gasteiger partial charge in [0.15, 0.2) is 0 Å². The molecule has 1 fully saturated rings. The highest BCUT2D eigenvalue weighted by atomic mass is 16.5. The van der Waals surface area contributed by atoms with Crippen molar-refractivity contribution in [1.82, 2.24) is 15.0 Å². The maximum absolute atomic E-state index is 11.8. The Balaban J connectivity index is 1.88. The highest BCUT2D eigenvalue weighted by Crippen LogP contribution is 2.37. The number of hydrogen-bond donors (Lipinski definition) is 2. The molecule has 6 nitrogen and oxygen atoms in total. The van der Waals surface area contributed by atoms with Crippen LogP contribution < -0.4 is 10.5 Å². The molecule has 1 aliphatic rings. The van der Waals surface area contributed by atoms with Crippen molar-refractivity contribution in [3.63, 3.8) is 0 Å². The molecule has 0 unspecified atom stereocenters. The number of H-pyrrole nitrogens is 1. The van der Waals surface area contributed by atoms with Gasteiger partial charge < -0.3 is 15.5 Å². The van der Waals surface area contributed by atoms with Crippen LogP contribution in [-0.4, -0.2) is 27.5 Å². The summed E-state index contributed by atoms with van der Waals surface area (Å²) in [5.41, 5.74) is 10.7. The summed E-state index contributed by atoms with van der Waals surface area (Å²) in [7, 11) is 0. The summed E-state index contributed by atoms with van der Waals surface area (Å²) in [5, 5.41) is 0. The molecule has 0 saturated heterocycles. The van der Waals surface area contributed by atoms with E-state index < -0.39 is 5.91 Å². The molecule has 1 saturated carbocycles. The number of fused-ring (bicyclic) bond motifs is 1. The molecule has 0 radical (unpaired) electrons. The number of benzene rings is 1. The third-order valence-electron chi connectivity index (χ3n) is 4.90. The number of carbonyl (C=O) groups is 1. The minimum atomic E-state index is -0.495. The van der Waals surface area contributed by atoms with Gasteiger partial charge in [0.2, 0.25) is 0 Å². The summed E-state index contributed by atoms with van der Waals surface area (Å²) in [5.74, 6) is 0.973. The highest BCUT2D eigenvalue weighted by Gasteiger charge is 2.24. The average Bonchev–Trinajstić information content (AvgIpc) is 3.39. The van der Waals surface area contributed by atoms with E-state index in [1.807, 2.05) is 13.0 Å². The number of hydrogen-bond acceptors (Lipinski definition) is 4. The molecule has 134 valence electrons. The smallest absolute Gasteiger partial charge is 0.252 e. The maximum Gasteiger partial charge on any atom is 0.252 e. The van der Waals surface area contributed by atoms with Gasteiger partial charge in [-0.3, -0.25) is 4.79 Å². The van der Waals surface area contributed by atoms with Crippen molar-refractivity contribution < 1.29 is 9.53 Å². The predicted octanol–water partition coefficient (Wildman–Crippen LogP) is 3.38. The zero-order chi connectivity index (χ0) is 18.3. The van der Waals surface area contributed by atoms with Gasteiger partial charge in [-0.05, 0) is 49.8 Å². The largest absolute Gasteiger partial charge is 0.493 e. The first kappa shape index (κ1) is 16.6. The lowest BCUT2D eigenvalue weighted by Crippen LogP contribution is -2.12. The summed E-state index contributed by atoms with van der Waals surface area (Å²) < 4.78 is 6.08. The summed E-state index contributed by atoms with van der Waals surface area (Å²) in [4.78, 5) is 23.8. The quantitative estimate of drug-likeness (QED) is 0.712. The number of aryl methyl sites for hydroxylation is 2. The Morgan fingerprint density at radius 1 is 1.35 bits per heavy atom. The lowest BCUT2D eigenvalue weighted by Gasteiger charge is -2.13. The van der Waals surface area contributed by atoms with Crippen LogP contribution in [0.15, 0.2) is 24.5 Å². The van der Waals surface area contributed by atoms with Crippen LogP contribution >= 0.6 is 0 Å². The molecule has 2 aromatic heterocycles. The van der Waals surface area contributed by atoms with Gasteiger partial charge in [0.05, 0.1) is 17.7 Å². The van der Waals surface area contributed by atoms with Crippen LogP contribution in [0.1, 0.15) is 41.4 Å². The lowest BCUT2D eigenvalue weighted by atomic mass is 10.0. The van der Waals surface area contributed by atoms with Gasteiger partial charge in [-0.25, -0.2) is 9.97 Å². The van der Waals surface area contributed by atoms with Crippen molar-refractivity contribution in [2.24, 2.45) is 11.7 Å². The van der Waals surface area contributed by atoms with Crippen LogP contribution in [-0.2, 0) is 6.42 Å². The molecule has 1 aliphatic carbocycles. The van der Waals surface area contributed by atoms with E-state index in [-0.39, 0.29) is 0 Å². The molecule has 0 aliphatic heterocycles. The Morgan fingerprint density at radius 3 is 2.85 bits per heavy atom. The minimum absolute atomic E-state index is 0.413. The first-order chi connectivity index (χ1) is 12.6. The van der Waals surface area contributed by atoms with Gasteiger partial charge >= 0.3 is 0 Å². The molecule has 4 rings (SSSR count). The number of rotatable bonds is 6. The molecule has 0 atom stereocenters. The second-order valence-electron chi connectivity index (χ2n) is 6.87. The SMILES string of the molecule is CCc1ccc(OCC2CC2)c(-c2ncnc3c(C(N)=O)c(C)[nH]c23)c1. The van der Waals surface area contributed by atoms with E-state index >= 15 is 0 Å². The standard InChI is InChI=1S/C20H22N4O2/c1-3-12-6-7-15(26-9-13-4-5-13)14(8-12)17-19-18(23-10-22-17)16(20(21)25)11(2)24-19/h6-8,10,13,24H,3-5,9H2,1-2H3,(H2,21,25). The van der Waals surface area contributed by atoms with Crippen molar-refractivity contribution in [2.75, 3.05) is 6.61 Å². The lowest BCUT2D eigenvalue weighted by molar-refractivity contribution is 0.100. The van der Waals surface area contributed by atoms with E-state index in [1.54, 1.807) is 0 Å². The molecular formula is C20H22N4O2. The third kappa shape index (κ3) is 2.92. The van der Waals surface area contributed by atoms with Crippen LogP contribution in [0.4, 0.5) is 0 Å². The van der Waals surface area contributed by atoms with Crippen molar-refractivity contribution in [1.29, 1.82) is 0 Å². The number of aromatic nitrogens is 3. The van der Waals surface area contributed by atoms with E-state index in [2.05, 4.69) is 34.0 Å². The Kier molecular flexibility index (Phi) is 4.11. The Bertz CT molecular complexity index is 989. The number of aromatic amines is 1. The Labute approximate surface area is 151 Å². The van der Waals surface area contributed by atoms with Crippen molar-refractivity contribution in [3.8, 4) is 17.0 Å². The minimum Gasteiger partial charge on any atom is -0.493 e. The number of primary amides is 1. The zero-order valence-corrected chi connectivity index (χ0v) is 15.0. The second kappa shape index (κ2) is 6.44. The fourth-order valence-electron chi connectivity index (χ4n) is 3.23. The first-order valence-electron chi connectivity index (χ1n) is 8.97. The van der Waals surface area contributed by atoms with E-state index in [0.29, 0.717) is 28.2 Å². The first-order valence-corrected chi connectivity index (χ1v) is 8.97. The van der Waals surface area contributed by atoms with Crippen LogP contribution in [0, 0.1) is 12.8 Å². The maximum atomic E-state index is 11.8. The van der Waals surface area contributed by atoms with Crippen molar-refractivity contribution >= 4 is 16.9 Å². The zero-order valence-electron chi connectivity index (χ0n) is 15.0. The van der Waals surface area contributed by atoms with Crippen LogP contribution in [0.25, 0.3) is 22.3 Å². The molecule has 1 aromatic carbocycles. The molecule has 1 amide bonds. The summed E-state index contributed by atoms with van der Waals surface area (Å²) in [6.07, 6.45) is 4.86. The van der Waals surface area contributed by atoms with Gasteiger partial charge in [-0.1, -0.05) is 13.0 Å². The fourth-order valence-corrected chi connectivity index (χ4v) is 3.23. The van der Waals surface area contributed by atoms with E-state index in [0.717, 1.165) is 30.0 Å². The molecule has 0 bridgehead atoms. The average molecular weight is 350 g/mol. The van der Waals surface area contributed by atoms with E-state index in [9.17, 15) is 4.79 Å². The molecule has 26 heavy (non-hydrogen) atoms. The number of carbonyl (C=O) groups excluding carboxylic acids is 1. The van der Waals surface area contributed by atoms with Crippen LogP contribution in [0.3, 0.4) is 0 Å². The Hall–Kier alpha value is -2.89. The van der Waals surface area contributed by atoms with Gasteiger partial charge in [0, 0.05) is 11.3 Å². The normalized spacial score (nSPS) is 13.9. The number of amides is 1. The fraction of sp³-hybridized carbons (Fsp3) is 0.350.